The zero-order valence-electron chi connectivity index (χ0n) is 16.7. The topological polar surface area (TPSA) is 51.2 Å². The molecule has 2 aliphatic heterocycles. The lowest BCUT2D eigenvalue weighted by atomic mass is 9.86. The number of phenolic OH excluding ortho intramolecular Hbond substituents is 1. The maximum atomic E-state index is 10.0. The lowest BCUT2D eigenvalue weighted by Gasteiger charge is -2.34. The summed E-state index contributed by atoms with van der Waals surface area (Å²) < 4.78 is 16.3. The van der Waals surface area contributed by atoms with Gasteiger partial charge < -0.3 is 19.3 Å². The molecule has 148 valence electrons. The molecule has 0 saturated carbocycles. The lowest BCUT2D eigenvalue weighted by molar-refractivity contribution is 0.280. The second-order valence-corrected chi connectivity index (χ2v) is 7.38. The summed E-state index contributed by atoms with van der Waals surface area (Å²) in [7, 11) is 4.91. The Balaban J connectivity index is 1.84. The molecule has 1 N–H and O–H groups in total. The van der Waals surface area contributed by atoms with Crippen molar-refractivity contribution >= 4 is 11.1 Å². The van der Waals surface area contributed by atoms with E-state index in [1.165, 1.54) is 24.0 Å². The summed E-state index contributed by atoms with van der Waals surface area (Å²) in [6, 6.07) is 12.4. The fraction of sp³-hybridized carbons (Fsp3) is 0.391. The molecule has 1 saturated heterocycles. The van der Waals surface area contributed by atoms with Gasteiger partial charge in [-0.05, 0) is 72.3 Å². The van der Waals surface area contributed by atoms with Gasteiger partial charge in [-0.25, -0.2) is 0 Å². The molecular weight excluding hydrogens is 354 g/mol. The average Bonchev–Trinajstić information content (AvgIpc) is 3.20. The highest BCUT2D eigenvalue weighted by Crippen LogP contribution is 2.43. The van der Waals surface area contributed by atoms with Crippen molar-refractivity contribution in [2.75, 3.05) is 34.4 Å². The maximum absolute atomic E-state index is 10.0. The van der Waals surface area contributed by atoms with Gasteiger partial charge in [-0.1, -0.05) is 12.1 Å². The third-order valence-electron chi connectivity index (χ3n) is 5.92. The Kier molecular flexibility index (Phi) is 5.18. The first kappa shape index (κ1) is 18.7. The second-order valence-electron chi connectivity index (χ2n) is 7.38. The Labute approximate surface area is 166 Å². The van der Waals surface area contributed by atoms with E-state index in [2.05, 4.69) is 17.0 Å². The molecule has 0 aromatic heterocycles. The van der Waals surface area contributed by atoms with E-state index in [1.807, 2.05) is 18.2 Å². The zero-order chi connectivity index (χ0) is 19.7. The summed E-state index contributed by atoms with van der Waals surface area (Å²) in [5.41, 5.74) is 4.86. The van der Waals surface area contributed by atoms with E-state index < -0.39 is 0 Å². The van der Waals surface area contributed by atoms with Crippen molar-refractivity contribution in [1.82, 2.24) is 4.90 Å². The van der Waals surface area contributed by atoms with E-state index in [4.69, 9.17) is 14.2 Å². The molecule has 4 rings (SSSR count). The number of hydrogen-bond acceptors (Lipinski definition) is 5. The van der Waals surface area contributed by atoms with Crippen LogP contribution in [-0.2, 0) is 0 Å². The van der Waals surface area contributed by atoms with Crippen LogP contribution in [-0.4, -0.2) is 50.5 Å². The van der Waals surface area contributed by atoms with Crippen molar-refractivity contribution in [1.29, 1.82) is 0 Å². The SMILES string of the molecule is COc1cc(C2=C(c3ccc(OC)c(OC)c3)C[C@H]3CCCN3C2)ccc1O. The Morgan fingerprint density at radius 3 is 2.29 bits per heavy atom. The minimum Gasteiger partial charge on any atom is -0.504 e. The van der Waals surface area contributed by atoms with Crippen LogP contribution >= 0.6 is 0 Å². The number of fused-ring (bicyclic) bond motifs is 1. The van der Waals surface area contributed by atoms with E-state index in [1.54, 1.807) is 27.4 Å². The minimum absolute atomic E-state index is 0.161. The first-order valence-electron chi connectivity index (χ1n) is 9.70. The number of benzene rings is 2. The molecule has 0 bridgehead atoms. The number of ether oxygens (including phenoxy) is 3. The molecule has 5 heteroatoms. The van der Waals surface area contributed by atoms with Crippen molar-refractivity contribution in [3.8, 4) is 23.0 Å². The van der Waals surface area contributed by atoms with Crippen LogP contribution in [0.3, 0.4) is 0 Å². The number of aromatic hydroxyl groups is 1. The highest BCUT2D eigenvalue weighted by Gasteiger charge is 2.32. The van der Waals surface area contributed by atoms with Crippen molar-refractivity contribution < 1.29 is 19.3 Å². The number of phenols is 1. The zero-order valence-corrected chi connectivity index (χ0v) is 16.7. The summed E-state index contributed by atoms with van der Waals surface area (Å²) in [5.74, 6) is 2.14. The lowest BCUT2D eigenvalue weighted by Crippen LogP contribution is -2.35. The van der Waals surface area contributed by atoms with E-state index in [9.17, 15) is 5.11 Å². The summed E-state index contributed by atoms with van der Waals surface area (Å²) in [4.78, 5) is 2.57. The summed E-state index contributed by atoms with van der Waals surface area (Å²) in [6.45, 7) is 2.05. The molecule has 0 radical (unpaired) electrons. The van der Waals surface area contributed by atoms with Gasteiger partial charge >= 0.3 is 0 Å². The Hall–Kier alpha value is -2.66. The van der Waals surface area contributed by atoms with Gasteiger partial charge in [0, 0.05) is 12.6 Å². The Bertz CT molecular complexity index is 905. The monoisotopic (exact) mass is 381 g/mol. The first-order chi connectivity index (χ1) is 13.6. The molecule has 2 aliphatic rings. The van der Waals surface area contributed by atoms with Crippen LogP contribution in [0.5, 0.6) is 23.0 Å². The van der Waals surface area contributed by atoms with Crippen LogP contribution in [0.2, 0.25) is 0 Å². The van der Waals surface area contributed by atoms with Gasteiger partial charge in [-0.15, -0.1) is 0 Å². The summed E-state index contributed by atoms with van der Waals surface area (Å²) in [5, 5.41) is 10.0. The first-order valence-corrected chi connectivity index (χ1v) is 9.70. The fourth-order valence-corrected chi connectivity index (χ4v) is 4.44. The predicted octanol–water partition coefficient (Wildman–Crippen LogP) is 4.20. The molecule has 1 atom stereocenters. The summed E-state index contributed by atoms with van der Waals surface area (Å²) >= 11 is 0. The fourth-order valence-electron chi connectivity index (χ4n) is 4.44. The van der Waals surface area contributed by atoms with Gasteiger partial charge in [0.2, 0.25) is 0 Å². The van der Waals surface area contributed by atoms with E-state index in [0.29, 0.717) is 11.8 Å². The third kappa shape index (κ3) is 3.31. The Morgan fingerprint density at radius 1 is 0.857 bits per heavy atom. The normalized spacial score (nSPS) is 19.5. The quantitative estimate of drug-likeness (QED) is 0.841. The molecule has 5 nitrogen and oxygen atoms in total. The van der Waals surface area contributed by atoms with Crippen LogP contribution in [0.25, 0.3) is 11.1 Å². The van der Waals surface area contributed by atoms with Gasteiger partial charge in [-0.2, -0.15) is 0 Å². The minimum atomic E-state index is 0.161. The van der Waals surface area contributed by atoms with Crippen molar-refractivity contribution in [3.05, 3.63) is 47.5 Å². The van der Waals surface area contributed by atoms with E-state index in [-0.39, 0.29) is 5.75 Å². The summed E-state index contributed by atoms with van der Waals surface area (Å²) in [6.07, 6.45) is 3.49. The number of hydrogen-bond donors (Lipinski definition) is 1. The van der Waals surface area contributed by atoms with Gasteiger partial charge in [0.15, 0.2) is 23.0 Å². The van der Waals surface area contributed by atoms with Gasteiger partial charge in [0.1, 0.15) is 0 Å². The van der Waals surface area contributed by atoms with Crippen LogP contribution in [0.4, 0.5) is 0 Å². The molecule has 0 amide bonds. The maximum Gasteiger partial charge on any atom is 0.161 e. The van der Waals surface area contributed by atoms with Crippen LogP contribution in [0.15, 0.2) is 36.4 Å². The highest BCUT2D eigenvalue weighted by molar-refractivity contribution is 5.93. The molecule has 1 fully saturated rings. The molecule has 0 unspecified atom stereocenters. The molecule has 0 aliphatic carbocycles. The standard InChI is InChI=1S/C23H27NO4/c1-26-21-9-7-15(12-23(21)28-3)18-13-17-5-4-10-24(17)14-19(18)16-6-8-20(25)22(11-16)27-2/h6-9,11-12,17,25H,4-5,10,13-14H2,1-3H3/t17-/m1/s1. The number of nitrogens with zero attached hydrogens (tertiary/aromatic N) is 1. The molecule has 2 aromatic rings. The third-order valence-corrected chi connectivity index (χ3v) is 5.92. The van der Waals surface area contributed by atoms with Crippen molar-refractivity contribution in [2.45, 2.75) is 25.3 Å². The Morgan fingerprint density at radius 2 is 1.54 bits per heavy atom. The molecule has 28 heavy (non-hydrogen) atoms. The molecule has 2 aromatic carbocycles. The predicted molar refractivity (Wildman–Crippen MR) is 110 cm³/mol. The number of rotatable bonds is 5. The molecular formula is C23H27NO4. The van der Waals surface area contributed by atoms with Gasteiger partial charge in [-0.3, -0.25) is 4.90 Å². The molecule has 2 heterocycles. The van der Waals surface area contributed by atoms with E-state index in [0.717, 1.165) is 42.1 Å². The second kappa shape index (κ2) is 7.76. The van der Waals surface area contributed by atoms with Crippen LogP contribution in [0.1, 0.15) is 30.4 Å². The van der Waals surface area contributed by atoms with Crippen LogP contribution < -0.4 is 14.2 Å². The molecule has 0 spiro atoms. The van der Waals surface area contributed by atoms with Crippen LogP contribution in [0, 0.1) is 0 Å². The van der Waals surface area contributed by atoms with Gasteiger partial charge in [0.05, 0.1) is 21.3 Å². The highest BCUT2D eigenvalue weighted by atomic mass is 16.5. The average molecular weight is 381 g/mol. The smallest absolute Gasteiger partial charge is 0.161 e. The van der Waals surface area contributed by atoms with Crippen molar-refractivity contribution in [3.63, 3.8) is 0 Å². The largest absolute Gasteiger partial charge is 0.504 e. The van der Waals surface area contributed by atoms with Gasteiger partial charge in [0.25, 0.3) is 0 Å². The number of methoxy groups -OCH3 is 3. The van der Waals surface area contributed by atoms with E-state index >= 15 is 0 Å². The van der Waals surface area contributed by atoms with Crippen molar-refractivity contribution in [2.24, 2.45) is 0 Å².